The van der Waals surface area contributed by atoms with Gasteiger partial charge in [0.2, 0.25) is 5.91 Å². The maximum absolute atomic E-state index is 14.6. The Morgan fingerprint density at radius 1 is 1.36 bits per heavy atom. The quantitative estimate of drug-likeness (QED) is 0.719. The molecule has 3 rings (SSSR count). The van der Waals surface area contributed by atoms with Gasteiger partial charge in [-0.2, -0.15) is 0 Å². The van der Waals surface area contributed by atoms with Gasteiger partial charge in [0.05, 0.1) is 24.5 Å². The van der Waals surface area contributed by atoms with Gasteiger partial charge in [0.1, 0.15) is 11.9 Å². The smallest absolute Gasteiger partial charge is 0.414 e. The van der Waals surface area contributed by atoms with Crippen LogP contribution in [0.25, 0.3) is 0 Å². The fourth-order valence-electron chi connectivity index (χ4n) is 2.93. The van der Waals surface area contributed by atoms with E-state index in [0.29, 0.717) is 37.6 Å². The Morgan fingerprint density at radius 2 is 2.08 bits per heavy atom. The summed E-state index contributed by atoms with van der Waals surface area (Å²) in [6.07, 6.45) is -0.979. The number of hydrogen-bond acceptors (Lipinski definition) is 6. The monoisotopic (exact) mass is 351 g/mol. The number of amides is 2. The molecule has 0 saturated carbocycles. The van der Waals surface area contributed by atoms with Crippen molar-refractivity contribution in [2.24, 2.45) is 0 Å². The van der Waals surface area contributed by atoms with Gasteiger partial charge in [-0.25, -0.2) is 9.18 Å². The minimum absolute atomic E-state index is 0.189. The lowest BCUT2D eigenvalue weighted by molar-refractivity contribution is -0.119. The predicted molar refractivity (Wildman–Crippen MR) is 90.9 cm³/mol. The van der Waals surface area contributed by atoms with Gasteiger partial charge in [0.15, 0.2) is 0 Å². The summed E-state index contributed by atoms with van der Waals surface area (Å²) < 4.78 is 19.8. The maximum Gasteiger partial charge on any atom is 0.414 e. The van der Waals surface area contributed by atoms with Crippen molar-refractivity contribution in [3.05, 3.63) is 24.0 Å². The van der Waals surface area contributed by atoms with Gasteiger partial charge in [-0.1, -0.05) is 0 Å². The molecule has 2 amide bonds. The molecule has 2 aliphatic rings. The fraction of sp³-hybridized carbons (Fsp3) is 0.500. The highest BCUT2D eigenvalue weighted by Gasteiger charge is 2.32. The lowest BCUT2D eigenvalue weighted by atomic mass is 10.2. The Kier molecular flexibility index (Phi) is 5.34. The summed E-state index contributed by atoms with van der Waals surface area (Å²) in [5.41, 5.74) is 7.04. The number of ether oxygens (including phenoxy) is 1. The predicted octanol–water partition coefficient (Wildman–Crippen LogP) is 0.201. The topological polar surface area (TPSA) is 85.9 Å². The zero-order valence-electron chi connectivity index (χ0n) is 14.0. The van der Waals surface area contributed by atoms with E-state index in [1.807, 2.05) is 4.90 Å². The van der Waals surface area contributed by atoms with Gasteiger partial charge < -0.3 is 15.0 Å². The Hall–Kier alpha value is -2.39. The normalized spacial score (nSPS) is 21.0. The summed E-state index contributed by atoms with van der Waals surface area (Å²) in [6.45, 7) is 4.72. The first-order chi connectivity index (χ1) is 12.0. The van der Waals surface area contributed by atoms with E-state index in [0.717, 1.165) is 0 Å². The van der Waals surface area contributed by atoms with Crippen molar-refractivity contribution in [3.63, 3.8) is 0 Å². The summed E-state index contributed by atoms with van der Waals surface area (Å²) in [5.74, 6) is -0.566. The summed E-state index contributed by atoms with van der Waals surface area (Å²) in [6, 6.07) is 4.75. The van der Waals surface area contributed by atoms with E-state index < -0.39 is 12.2 Å². The van der Waals surface area contributed by atoms with Crippen LogP contribution in [0.2, 0.25) is 0 Å². The van der Waals surface area contributed by atoms with E-state index in [2.05, 4.69) is 16.2 Å². The van der Waals surface area contributed by atoms with Crippen LogP contribution in [-0.4, -0.2) is 57.4 Å². The molecule has 1 atom stereocenters. The molecular weight excluding hydrogens is 329 g/mol. The fourth-order valence-corrected chi connectivity index (χ4v) is 2.93. The van der Waals surface area contributed by atoms with Crippen LogP contribution >= 0.6 is 0 Å². The molecule has 0 bridgehead atoms. The van der Waals surface area contributed by atoms with Crippen LogP contribution in [0.5, 0.6) is 0 Å². The number of hydrogen-bond donors (Lipinski definition) is 3. The number of carbonyl (C=O) groups excluding carboxylic acids is 2. The first-order valence-corrected chi connectivity index (χ1v) is 8.27. The molecule has 0 radical (unpaired) electrons. The lowest BCUT2D eigenvalue weighted by Crippen LogP contribution is -2.33. The lowest BCUT2D eigenvalue weighted by Gasteiger charge is -2.23. The van der Waals surface area contributed by atoms with Crippen molar-refractivity contribution < 1.29 is 18.7 Å². The number of cyclic esters (lactones) is 1. The van der Waals surface area contributed by atoms with Gasteiger partial charge in [0.25, 0.3) is 0 Å². The zero-order valence-corrected chi connectivity index (χ0v) is 14.0. The van der Waals surface area contributed by atoms with Crippen molar-refractivity contribution in [1.29, 1.82) is 0 Å². The molecule has 9 heteroatoms. The van der Waals surface area contributed by atoms with Gasteiger partial charge in [-0.05, 0) is 18.2 Å². The number of hydrazine groups is 1. The van der Waals surface area contributed by atoms with Gasteiger partial charge in [-0.3, -0.25) is 20.5 Å². The Bertz CT molecular complexity index is 649. The van der Waals surface area contributed by atoms with Crippen molar-refractivity contribution in [3.8, 4) is 0 Å². The second-order valence-electron chi connectivity index (χ2n) is 6.03. The maximum atomic E-state index is 14.6. The number of anilines is 2. The number of nitrogens with one attached hydrogen (secondary N) is 3. The van der Waals surface area contributed by atoms with E-state index in [1.54, 1.807) is 12.1 Å². The third-order valence-corrected chi connectivity index (χ3v) is 4.17. The van der Waals surface area contributed by atoms with Crippen LogP contribution < -0.4 is 26.0 Å². The molecular formula is C16H22FN5O3. The first kappa shape index (κ1) is 17.4. The highest BCUT2D eigenvalue weighted by Crippen LogP contribution is 2.27. The van der Waals surface area contributed by atoms with Crippen LogP contribution in [0, 0.1) is 5.82 Å². The van der Waals surface area contributed by atoms with Crippen LogP contribution in [0.1, 0.15) is 6.92 Å². The minimum Gasteiger partial charge on any atom is -0.442 e. The molecule has 25 heavy (non-hydrogen) atoms. The molecule has 0 spiro atoms. The van der Waals surface area contributed by atoms with Gasteiger partial charge in [-0.15, -0.1) is 0 Å². The summed E-state index contributed by atoms with van der Waals surface area (Å²) >= 11 is 0. The number of rotatable bonds is 4. The summed E-state index contributed by atoms with van der Waals surface area (Å²) in [7, 11) is 0. The molecule has 0 unspecified atom stereocenters. The van der Waals surface area contributed by atoms with Crippen LogP contribution in [0.4, 0.5) is 20.6 Å². The third kappa shape index (κ3) is 4.18. The second kappa shape index (κ2) is 7.66. The SMILES string of the molecule is CC(=O)NC[C@H]1CN(c2ccc(N3CCNNCC3)c(F)c2)C(=O)O1. The number of nitrogens with zero attached hydrogens (tertiary/aromatic N) is 2. The Balaban J connectivity index is 1.69. The molecule has 1 aromatic carbocycles. The molecule has 8 nitrogen and oxygen atoms in total. The van der Waals surface area contributed by atoms with Crippen LogP contribution in [0.3, 0.4) is 0 Å². The van der Waals surface area contributed by atoms with Crippen molar-refractivity contribution in [1.82, 2.24) is 16.2 Å². The van der Waals surface area contributed by atoms with Crippen molar-refractivity contribution in [2.75, 3.05) is 49.1 Å². The molecule has 2 heterocycles. The first-order valence-electron chi connectivity index (χ1n) is 8.27. The van der Waals surface area contributed by atoms with Gasteiger partial charge >= 0.3 is 6.09 Å². The van der Waals surface area contributed by atoms with E-state index in [1.165, 1.54) is 17.9 Å². The molecule has 2 fully saturated rings. The molecule has 0 aromatic heterocycles. The average Bonchev–Trinajstić information content (AvgIpc) is 2.78. The van der Waals surface area contributed by atoms with E-state index in [9.17, 15) is 14.0 Å². The zero-order chi connectivity index (χ0) is 17.8. The highest BCUT2D eigenvalue weighted by molar-refractivity contribution is 5.90. The van der Waals surface area contributed by atoms with Gasteiger partial charge in [0, 0.05) is 33.1 Å². The molecule has 136 valence electrons. The Labute approximate surface area is 145 Å². The van der Waals surface area contributed by atoms with E-state index in [4.69, 9.17) is 4.74 Å². The second-order valence-corrected chi connectivity index (χ2v) is 6.03. The molecule has 1 aromatic rings. The largest absolute Gasteiger partial charge is 0.442 e. The third-order valence-electron chi connectivity index (χ3n) is 4.17. The molecule has 3 N–H and O–H groups in total. The number of halogens is 1. The van der Waals surface area contributed by atoms with Crippen molar-refractivity contribution in [2.45, 2.75) is 13.0 Å². The van der Waals surface area contributed by atoms with E-state index in [-0.39, 0.29) is 24.8 Å². The minimum atomic E-state index is -0.536. The molecule has 2 aliphatic heterocycles. The molecule has 2 saturated heterocycles. The highest BCUT2D eigenvalue weighted by atomic mass is 19.1. The Morgan fingerprint density at radius 3 is 2.72 bits per heavy atom. The van der Waals surface area contributed by atoms with E-state index >= 15 is 0 Å². The summed E-state index contributed by atoms with van der Waals surface area (Å²) in [5, 5.41) is 2.61. The standard InChI is InChI=1S/C16H22FN5O3/c1-11(23)18-9-13-10-22(16(24)25-13)12-2-3-15(14(17)8-12)21-6-4-19-20-5-7-21/h2-3,8,13,19-20H,4-7,9-10H2,1H3,(H,18,23)/t13-/m0/s1. The summed E-state index contributed by atoms with van der Waals surface area (Å²) in [4.78, 5) is 26.3. The number of benzene rings is 1. The van der Waals surface area contributed by atoms with Crippen molar-refractivity contribution >= 4 is 23.4 Å². The molecule has 0 aliphatic carbocycles. The average molecular weight is 351 g/mol. The van der Waals surface area contributed by atoms with Crippen LogP contribution in [0.15, 0.2) is 18.2 Å². The number of carbonyl (C=O) groups is 2. The van der Waals surface area contributed by atoms with Crippen LogP contribution in [-0.2, 0) is 9.53 Å².